The van der Waals surface area contributed by atoms with Gasteiger partial charge in [-0.25, -0.2) is 4.79 Å². The van der Waals surface area contributed by atoms with E-state index in [1.165, 1.54) is 5.56 Å². The number of hydrogen-bond donors (Lipinski definition) is 3. The number of para-hydroxylation sites is 2. The number of benzene rings is 3. The molecule has 2 amide bonds. The second kappa shape index (κ2) is 13.2. The Hall–Kier alpha value is -4.00. The Labute approximate surface area is 212 Å². The number of carbonyl (C=O) groups is 2. The van der Waals surface area contributed by atoms with E-state index in [9.17, 15) is 9.59 Å². The fourth-order valence-electron chi connectivity index (χ4n) is 3.70. The standard InChI is InChI=1S/C29H34N2O5/c1-20(2)18-22-13-15-23(16-14-22)21(3)36-25-9-6-8-24(19-25)30-29(34)31-26-10-4-5-11-27(26)35-17-7-12-28(32)33/h4-6,8-11,13-16,19-21H,7,12,17-18H2,1-3H3,(H,32,33)(H2,30,31,34). The fourth-order valence-corrected chi connectivity index (χ4v) is 3.70. The second-order valence-electron chi connectivity index (χ2n) is 9.05. The van der Waals surface area contributed by atoms with Gasteiger partial charge in [0, 0.05) is 18.2 Å². The van der Waals surface area contributed by atoms with Gasteiger partial charge in [0.2, 0.25) is 0 Å². The molecule has 0 fully saturated rings. The molecule has 3 rings (SSSR count). The van der Waals surface area contributed by atoms with E-state index in [4.69, 9.17) is 14.6 Å². The summed E-state index contributed by atoms with van der Waals surface area (Å²) < 4.78 is 11.8. The van der Waals surface area contributed by atoms with Gasteiger partial charge in [0.1, 0.15) is 17.6 Å². The van der Waals surface area contributed by atoms with Crippen LogP contribution in [0.25, 0.3) is 0 Å². The molecule has 0 spiro atoms. The van der Waals surface area contributed by atoms with Crippen molar-refractivity contribution in [3.8, 4) is 11.5 Å². The van der Waals surface area contributed by atoms with Crippen molar-refractivity contribution in [2.24, 2.45) is 5.92 Å². The molecule has 0 saturated carbocycles. The van der Waals surface area contributed by atoms with Crippen molar-refractivity contribution in [3.63, 3.8) is 0 Å². The van der Waals surface area contributed by atoms with Gasteiger partial charge < -0.3 is 25.2 Å². The summed E-state index contributed by atoms with van der Waals surface area (Å²) in [5, 5.41) is 14.4. The number of aliphatic carboxylic acids is 1. The van der Waals surface area contributed by atoms with Crippen molar-refractivity contribution >= 4 is 23.4 Å². The quantitative estimate of drug-likeness (QED) is 0.240. The topological polar surface area (TPSA) is 96.9 Å². The molecule has 7 nitrogen and oxygen atoms in total. The zero-order valence-electron chi connectivity index (χ0n) is 21.0. The van der Waals surface area contributed by atoms with E-state index in [-0.39, 0.29) is 19.1 Å². The molecule has 7 heteroatoms. The predicted molar refractivity (Wildman–Crippen MR) is 142 cm³/mol. The normalized spacial score (nSPS) is 11.6. The molecule has 1 unspecified atom stereocenters. The summed E-state index contributed by atoms with van der Waals surface area (Å²) in [4.78, 5) is 23.3. The minimum Gasteiger partial charge on any atom is -0.491 e. The molecule has 0 aliphatic heterocycles. The molecule has 0 aromatic heterocycles. The molecule has 0 aliphatic rings. The Morgan fingerprint density at radius 1 is 0.917 bits per heavy atom. The first-order valence-electron chi connectivity index (χ1n) is 12.2. The van der Waals surface area contributed by atoms with Gasteiger partial charge in [0.15, 0.2) is 0 Å². The molecule has 0 radical (unpaired) electrons. The Bertz CT molecular complexity index is 1140. The van der Waals surface area contributed by atoms with Crippen LogP contribution in [0, 0.1) is 5.92 Å². The molecular formula is C29H34N2O5. The van der Waals surface area contributed by atoms with Crippen LogP contribution in [0.4, 0.5) is 16.2 Å². The largest absolute Gasteiger partial charge is 0.491 e. The van der Waals surface area contributed by atoms with Crippen LogP contribution in [0.5, 0.6) is 11.5 Å². The van der Waals surface area contributed by atoms with Gasteiger partial charge in [-0.05, 0) is 61.1 Å². The predicted octanol–water partition coefficient (Wildman–Crippen LogP) is 6.91. The minimum absolute atomic E-state index is 0.0244. The lowest BCUT2D eigenvalue weighted by atomic mass is 10.0. The third-order valence-corrected chi connectivity index (χ3v) is 5.43. The number of ether oxygens (including phenoxy) is 2. The Kier molecular flexibility index (Phi) is 9.74. The van der Waals surface area contributed by atoms with E-state index in [1.807, 2.05) is 19.1 Å². The summed E-state index contributed by atoms with van der Waals surface area (Å²) in [5.41, 5.74) is 3.47. The lowest BCUT2D eigenvalue weighted by Gasteiger charge is -2.17. The molecule has 190 valence electrons. The van der Waals surface area contributed by atoms with Crippen molar-refractivity contribution < 1.29 is 24.2 Å². The highest BCUT2D eigenvalue weighted by Crippen LogP contribution is 2.26. The number of amides is 2. The van der Waals surface area contributed by atoms with E-state index >= 15 is 0 Å². The molecule has 0 saturated heterocycles. The van der Waals surface area contributed by atoms with Crippen LogP contribution in [-0.2, 0) is 11.2 Å². The first-order chi connectivity index (χ1) is 17.3. The number of hydrogen-bond acceptors (Lipinski definition) is 4. The van der Waals surface area contributed by atoms with Crippen molar-refractivity contribution in [1.29, 1.82) is 0 Å². The smallest absolute Gasteiger partial charge is 0.323 e. The van der Waals surface area contributed by atoms with Crippen LogP contribution in [0.15, 0.2) is 72.8 Å². The number of anilines is 2. The summed E-state index contributed by atoms with van der Waals surface area (Å²) in [7, 11) is 0. The minimum atomic E-state index is -0.871. The van der Waals surface area contributed by atoms with Crippen molar-refractivity contribution in [2.45, 2.75) is 46.1 Å². The zero-order chi connectivity index (χ0) is 25.9. The Morgan fingerprint density at radius 3 is 2.39 bits per heavy atom. The fraction of sp³-hybridized carbons (Fsp3) is 0.310. The highest BCUT2D eigenvalue weighted by atomic mass is 16.5. The number of rotatable bonds is 12. The van der Waals surface area contributed by atoms with Crippen LogP contribution in [0.3, 0.4) is 0 Å². The Balaban J connectivity index is 1.56. The molecule has 3 aromatic carbocycles. The Morgan fingerprint density at radius 2 is 1.67 bits per heavy atom. The second-order valence-corrected chi connectivity index (χ2v) is 9.05. The lowest BCUT2D eigenvalue weighted by Crippen LogP contribution is -2.20. The van der Waals surface area contributed by atoms with Crippen LogP contribution in [0.1, 0.15) is 50.8 Å². The van der Waals surface area contributed by atoms with E-state index in [2.05, 4.69) is 48.7 Å². The van der Waals surface area contributed by atoms with Crippen molar-refractivity contribution in [1.82, 2.24) is 0 Å². The van der Waals surface area contributed by atoms with Crippen LogP contribution in [0.2, 0.25) is 0 Å². The van der Waals surface area contributed by atoms with Crippen LogP contribution >= 0.6 is 0 Å². The average Bonchev–Trinajstić information content (AvgIpc) is 2.83. The zero-order valence-corrected chi connectivity index (χ0v) is 21.0. The maximum Gasteiger partial charge on any atom is 0.323 e. The van der Waals surface area contributed by atoms with E-state index in [0.717, 1.165) is 12.0 Å². The molecule has 1 atom stereocenters. The highest BCUT2D eigenvalue weighted by molar-refractivity contribution is 6.00. The molecular weight excluding hydrogens is 456 g/mol. The van der Waals surface area contributed by atoms with Gasteiger partial charge in [0.25, 0.3) is 0 Å². The maximum absolute atomic E-state index is 12.6. The molecule has 3 aromatic rings. The third kappa shape index (κ3) is 8.65. The molecule has 0 aliphatic carbocycles. The van der Waals surface area contributed by atoms with Crippen molar-refractivity contribution in [2.75, 3.05) is 17.2 Å². The molecule has 36 heavy (non-hydrogen) atoms. The monoisotopic (exact) mass is 490 g/mol. The summed E-state index contributed by atoms with van der Waals surface area (Å²) in [6.07, 6.45) is 1.30. The van der Waals surface area contributed by atoms with Gasteiger partial charge in [-0.2, -0.15) is 0 Å². The first-order valence-corrected chi connectivity index (χ1v) is 12.2. The molecule has 3 N–H and O–H groups in total. The summed E-state index contributed by atoms with van der Waals surface area (Å²) >= 11 is 0. The van der Waals surface area contributed by atoms with Gasteiger partial charge in [-0.1, -0.05) is 56.3 Å². The number of carboxylic acid groups (broad SMARTS) is 1. The lowest BCUT2D eigenvalue weighted by molar-refractivity contribution is -0.137. The van der Waals surface area contributed by atoms with E-state index < -0.39 is 12.0 Å². The third-order valence-electron chi connectivity index (χ3n) is 5.43. The highest BCUT2D eigenvalue weighted by Gasteiger charge is 2.11. The van der Waals surface area contributed by atoms with E-state index in [1.54, 1.807) is 36.4 Å². The summed E-state index contributed by atoms with van der Waals surface area (Å²) in [5.74, 6) is 0.864. The number of carboxylic acids is 1. The first kappa shape index (κ1) is 26.6. The number of nitrogens with one attached hydrogen (secondary N) is 2. The average molecular weight is 491 g/mol. The van der Waals surface area contributed by atoms with Gasteiger partial charge >= 0.3 is 12.0 Å². The maximum atomic E-state index is 12.6. The van der Waals surface area contributed by atoms with Crippen molar-refractivity contribution in [3.05, 3.63) is 83.9 Å². The van der Waals surface area contributed by atoms with E-state index in [0.29, 0.717) is 35.2 Å². The summed E-state index contributed by atoms with van der Waals surface area (Å²) in [6.45, 7) is 6.65. The number of urea groups is 1. The van der Waals surface area contributed by atoms with Crippen LogP contribution < -0.4 is 20.1 Å². The summed E-state index contributed by atoms with van der Waals surface area (Å²) in [6, 6.07) is 22.3. The van der Waals surface area contributed by atoms with Gasteiger partial charge in [-0.15, -0.1) is 0 Å². The SMILES string of the molecule is CC(C)Cc1ccc(C(C)Oc2cccc(NC(=O)Nc3ccccc3OCCCC(=O)O)c2)cc1. The number of carbonyl (C=O) groups excluding carboxylic acids is 1. The molecule has 0 heterocycles. The molecule has 0 bridgehead atoms. The van der Waals surface area contributed by atoms with Gasteiger partial charge in [-0.3, -0.25) is 4.79 Å². The van der Waals surface area contributed by atoms with Crippen LogP contribution in [-0.4, -0.2) is 23.7 Å². The van der Waals surface area contributed by atoms with Gasteiger partial charge in [0.05, 0.1) is 12.3 Å².